The molecule has 0 N–H and O–H groups in total. The van der Waals surface area contributed by atoms with E-state index in [-0.39, 0.29) is 43.9 Å². The topological polar surface area (TPSA) is 55.8 Å². The first-order valence-electron chi connectivity index (χ1n) is 8.57. The Hall–Kier alpha value is -2.09. The van der Waals surface area contributed by atoms with Crippen LogP contribution in [0.3, 0.4) is 0 Å². The Balaban J connectivity index is 1.57. The Labute approximate surface area is 148 Å². The Kier molecular flexibility index (Phi) is 3.98. The highest BCUT2D eigenvalue weighted by Gasteiger charge is 2.55. The van der Waals surface area contributed by atoms with E-state index in [4.69, 9.17) is 9.47 Å². The summed E-state index contributed by atoms with van der Waals surface area (Å²) in [5.74, 6) is 0.0768. The predicted octanol–water partition coefficient (Wildman–Crippen LogP) is 2.91. The molecule has 1 aliphatic carbocycles. The zero-order chi connectivity index (χ0) is 18.5. The van der Waals surface area contributed by atoms with E-state index in [2.05, 4.69) is 0 Å². The van der Waals surface area contributed by atoms with Crippen molar-refractivity contribution in [2.24, 2.45) is 5.92 Å². The second-order valence-corrected chi connectivity index (χ2v) is 7.09. The normalized spacial score (nSPS) is 26.3. The van der Waals surface area contributed by atoms with Crippen molar-refractivity contribution < 1.29 is 32.2 Å². The van der Waals surface area contributed by atoms with Gasteiger partial charge in [0.25, 0.3) is 5.91 Å². The van der Waals surface area contributed by atoms with Crippen molar-refractivity contribution in [3.05, 3.63) is 29.3 Å². The lowest BCUT2D eigenvalue weighted by Crippen LogP contribution is -2.56. The van der Waals surface area contributed by atoms with Crippen LogP contribution in [0.1, 0.15) is 36.8 Å². The van der Waals surface area contributed by atoms with Gasteiger partial charge in [-0.1, -0.05) is 0 Å². The van der Waals surface area contributed by atoms with Crippen molar-refractivity contribution >= 4 is 11.7 Å². The Morgan fingerprint density at radius 3 is 2.65 bits per heavy atom. The van der Waals surface area contributed by atoms with Gasteiger partial charge in [-0.2, -0.15) is 13.2 Å². The third-order valence-electron chi connectivity index (χ3n) is 5.28. The minimum absolute atomic E-state index is 0.0316. The fourth-order valence-electron chi connectivity index (χ4n) is 3.71. The van der Waals surface area contributed by atoms with Crippen LogP contribution in [0, 0.1) is 5.92 Å². The van der Waals surface area contributed by atoms with Gasteiger partial charge < -0.3 is 14.4 Å². The van der Waals surface area contributed by atoms with Crippen molar-refractivity contribution in [1.29, 1.82) is 0 Å². The van der Waals surface area contributed by atoms with Gasteiger partial charge in [0.15, 0.2) is 18.1 Å². The first-order valence-corrected chi connectivity index (χ1v) is 8.57. The van der Waals surface area contributed by atoms with Crippen LogP contribution in [-0.2, 0) is 27.0 Å². The molecule has 1 aromatic rings. The molecule has 4 rings (SSSR count). The first kappa shape index (κ1) is 17.3. The van der Waals surface area contributed by atoms with Crippen molar-refractivity contribution in [2.75, 3.05) is 13.3 Å². The zero-order valence-corrected chi connectivity index (χ0v) is 14.0. The molecule has 8 heteroatoms. The van der Waals surface area contributed by atoms with Crippen molar-refractivity contribution in [2.45, 2.75) is 44.0 Å². The molecular formula is C18H18F3NO4. The van der Waals surface area contributed by atoms with Gasteiger partial charge in [0.1, 0.15) is 12.4 Å². The number of benzene rings is 1. The Bertz CT molecular complexity index is 747. The molecule has 26 heavy (non-hydrogen) atoms. The van der Waals surface area contributed by atoms with Crippen LogP contribution in [0.2, 0.25) is 0 Å². The number of hydrogen-bond donors (Lipinski definition) is 0. The van der Waals surface area contributed by atoms with Gasteiger partial charge in [-0.05, 0) is 43.4 Å². The quantitative estimate of drug-likeness (QED) is 0.804. The summed E-state index contributed by atoms with van der Waals surface area (Å²) in [4.78, 5) is 26.0. The van der Waals surface area contributed by atoms with E-state index in [1.165, 1.54) is 11.0 Å². The van der Waals surface area contributed by atoms with Crippen LogP contribution in [0.4, 0.5) is 13.2 Å². The van der Waals surface area contributed by atoms with Gasteiger partial charge >= 0.3 is 6.18 Å². The van der Waals surface area contributed by atoms with E-state index in [0.29, 0.717) is 17.7 Å². The number of Topliss-reactive ketones (excluding diaryl/α,β-unsaturated/α-hetero) is 1. The maximum Gasteiger partial charge on any atom is 0.416 e. The summed E-state index contributed by atoms with van der Waals surface area (Å²) in [5, 5.41) is 0. The summed E-state index contributed by atoms with van der Waals surface area (Å²) in [5.41, 5.74) is -1.50. The molecule has 0 aromatic heterocycles. The molecule has 0 radical (unpaired) electrons. The highest BCUT2D eigenvalue weighted by molar-refractivity contribution is 5.90. The van der Waals surface area contributed by atoms with Gasteiger partial charge in [0.2, 0.25) is 0 Å². The number of carbonyl (C=O) groups excluding carboxylic acids is 2. The maximum atomic E-state index is 13.1. The fraction of sp³-hybridized carbons (Fsp3) is 0.556. The smallest absolute Gasteiger partial charge is 0.416 e. The second kappa shape index (κ2) is 5.97. The molecule has 1 amide bonds. The number of hydrogen-bond acceptors (Lipinski definition) is 4. The lowest BCUT2D eigenvalue weighted by Gasteiger charge is -2.40. The van der Waals surface area contributed by atoms with Crippen LogP contribution >= 0.6 is 0 Å². The number of carbonyl (C=O) groups is 2. The minimum atomic E-state index is -4.45. The predicted molar refractivity (Wildman–Crippen MR) is 83.1 cm³/mol. The molecular weight excluding hydrogens is 351 g/mol. The molecule has 2 fully saturated rings. The summed E-state index contributed by atoms with van der Waals surface area (Å²) in [7, 11) is 0. The molecule has 140 valence electrons. The third kappa shape index (κ3) is 2.96. The van der Waals surface area contributed by atoms with Crippen LogP contribution in [-0.4, -0.2) is 35.5 Å². The minimum Gasteiger partial charge on any atom is -0.473 e. The number of halogens is 3. The summed E-state index contributed by atoms with van der Waals surface area (Å²) >= 11 is 0. The molecule has 2 aliphatic heterocycles. The molecule has 1 saturated carbocycles. The molecule has 1 saturated heterocycles. The number of nitrogens with zero attached hydrogens (tertiary/aromatic N) is 1. The number of fused-ring (bicyclic) bond motifs is 1. The van der Waals surface area contributed by atoms with Gasteiger partial charge in [-0.15, -0.1) is 0 Å². The third-order valence-corrected chi connectivity index (χ3v) is 5.28. The van der Waals surface area contributed by atoms with E-state index in [1.807, 2.05) is 0 Å². The van der Waals surface area contributed by atoms with Gasteiger partial charge in [0, 0.05) is 12.0 Å². The molecule has 0 unspecified atom stereocenters. The number of ketones is 1. The summed E-state index contributed by atoms with van der Waals surface area (Å²) in [6.07, 6.45) is -2.15. The van der Waals surface area contributed by atoms with Gasteiger partial charge in [-0.25, -0.2) is 0 Å². The average Bonchev–Trinajstić information content (AvgIpc) is 3.46. The molecule has 0 spiro atoms. The number of amides is 1. The second-order valence-electron chi connectivity index (χ2n) is 7.09. The maximum absolute atomic E-state index is 13.1. The number of ether oxygens (including phenoxy) is 2. The largest absolute Gasteiger partial charge is 0.473 e. The van der Waals surface area contributed by atoms with E-state index < -0.39 is 17.3 Å². The van der Waals surface area contributed by atoms with Crippen LogP contribution in [0.15, 0.2) is 18.2 Å². The highest BCUT2D eigenvalue weighted by atomic mass is 19.4. The average molecular weight is 369 g/mol. The number of rotatable bonds is 2. The van der Waals surface area contributed by atoms with E-state index >= 15 is 0 Å². The molecule has 1 atom stereocenters. The summed E-state index contributed by atoms with van der Waals surface area (Å²) < 4.78 is 50.0. The van der Waals surface area contributed by atoms with E-state index in [1.54, 1.807) is 0 Å². The number of alkyl halides is 3. The standard InChI is InChI=1S/C18H18F3NO4/c19-18(20,21)13-3-4-15-11(7-13)8-22(10-25-15)16(24)17(12-1-2-12)6-5-14(23)9-26-17/h3-4,7,12H,1-2,5-6,8-10H2/t17-/m0/s1. The van der Waals surface area contributed by atoms with Crippen molar-refractivity contribution in [1.82, 2.24) is 4.90 Å². The van der Waals surface area contributed by atoms with Crippen LogP contribution < -0.4 is 4.74 Å². The first-order chi connectivity index (χ1) is 12.3. The summed E-state index contributed by atoms with van der Waals surface area (Å²) in [6.45, 7) is -0.0986. The lowest BCUT2D eigenvalue weighted by molar-refractivity contribution is -0.176. The Morgan fingerprint density at radius 1 is 1.27 bits per heavy atom. The molecule has 0 bridgehead atoms. The molecule has 1 aromatic carbocycles. The van der Waals surface area contributed by atoms with Crippen LogP contribution in [0.5, 0.6) is 5.75 Å². The van der Waals surface area contributed by atoms with E-state index in [0.717, 1.165) is 25.0 Å². The molecule has 3 aliphatic rings. The van der Waals surface area contributed by atoms with Gasteiger partial charge in [0.05, 0.1) is 12.1 Å². The molecule has 5 nitrogen and oxygen atoms in total. The zero-order valence-electron chi connectivity index (χ0n) is 14.0. The SMILES string of the molecule is O=C1CC[C@@](C(=O)N2COc3ccc(C(F)(F)F)cc3C2)(C2CC2)OC1. The highest BCUT2D eigenvalue weighted by Crippen LogP contribution is 2.47. The molecule has 2 heterocycles. The fourth-order valence-corrected chi connectivity index (χ4v) is 3.71. The van der Waals surface area contributed by atoms with Crippen molar-refractivity contribution in [3.8, 4) is 5.75 Å². The van der Waals surface area contributed by atoms with Crippen molar-refractivity contribution in [3.63, 3.8) is 0 Å². The summed E-state index contributed by atoms with van der Waals surface area (Å²) in [6, 6.07) is 3.27. The van der Waals surface area contributed by atoms with E-state index in [9.17, 15) is 22.8 Å². The monoisotopic (exact) mass is 369 g/mol. The van der Waals surface area contributed by atoms with Gasteiger partial charge in [-0.3, -0.25) is 9.59 Å². The lowest BCUT2D eigenvalue weighted by atomic mass is 9.86. The Morgan fingerprint density at radius 2 is 2.04 bits per heavy atom. The van der Waals surface area contributed by atoms with Crippen LogP contribution in [0.25, 0.3) is 0 Å².